The molecule has 0 amide bonds. The lowest BCUT2D eigenvalue weighted by Crippen LogP contribution is -2.11. The van der Waals surface area contributed by atoms with Crippen molar-refractivity contribution in [1.29, 1.82) is 0 Å². The van der Waals surface area contributed by atoms with Gasteiger partial charge in [-0.3, -0.25) is 0 Å². The second-order valence-electron chi connectivity index (χ2n) is 4.88. The first-order chi connectivity index (χ1) is 6.75. The Labute approximate surface area is 87.3 Å². The van der Waals surface area contributed by atoms with Crippen LogP contribution in [0.15, 0.2) is 24.3 Å². The predicted molar refractivity (Wildman–Crippen MR) is 61.6 cm³/mol. The lowest BCUT2D eigenvalue weighted by molar-refractivity contribution is 0.344. The highest BCUT2D eigenvalue weighted by Crippen LogP contribution is 2.35. The Morgan fingerprint density at radius 3 is 2.43 bits per heavy atom. The first-order valence-corrected chi connectivity index (χ1v) is 5.82. The van der Waals surface area contributed by atoms with Crippen molar-refractivity contribution in [3.63, 3.8) is 0 Å². The van der Waals surface area contributed by atoms with Crippen LogP contribution in [0.4, 0.5) is 0 Å². The quantitative estimate of drug-likeness (QED) is 0.616. The third-order valence-electron chi connectivity index (χ3n) is 3.49. The normalized spacial score (nSPS) is 27.6. The van der Waals surface area contributed by atoms with E-state index in [4.69, 9.17) is 0 Å². The molecule has 1 aliphatic carbocycles. The van der Waals surface area contributed by atoms with Gasteiger partial charge in [0.15, 0.2) is 0 Å². The minimum Gasteiger partial charge on any atom is -0.0625 e. The van der Waals surface area contributed by atoms with Crippen LogP contribution >= 0.6 is 0 Å². The topological polar surface area (TPSA) is 0 Å². The molecule has 14 heavy (non-hydrogen) atoms. The van der Waals surface area contributed by atoms with E-state index in [1.54, 1.807) is 5.56 Å². The molecule has 0 radical (unpaired) electrons. The van der Waals surface area contributed by atoms with Gasteiger partial charge in [0.25, 0.3) is 0 Å². The number of hydrogen-bond donors (Lipinski definition) is 0. The van der Waals surface area contributed by atoms with Crippen LogP contribution in [0.5, 0.6) is 0 Å². The molecule has 0 saturated heterocycles. The molecule has 0 nitrogen and oxygen atoms in total. The van der Waals surface area contributed by atoms with Crippen molar-refractivity contribution < 1.29 is 0 Å². The van der Waals surface area contributed by atoms with Crippen LogP contribution in [0.1, 0.15) is 49.7 Å². The highest BCUT2D eigenvalue weighted by Gasteiger charge is 2.19. The maximum absolute atomic E-state index is 2.39. The van der Waals surface area contributed by atoms with E-state index in [0.29, 0.717) is 0 Å². The lowest BCUT2D eigenvalue weighted by Gasteiger charge is -2.27. The molecule has 0 aliphatic heterocycles. The molecule has 76 valence electrons. The zero-order valence-corrected chi connectivity index (χ0v) is 9.29. The van der Waals surface area contributed by atoms with Gasteiger partial charge in [-0.05, 0) is 37.2 Å². The molecule has 0 unspecified atom stereocenters. The molecule has 0 aromatic heterocycles. The van der Waals surface area contributed by atoms with Crippen molar-refractivity contribution >= 4 is 0 Å². The van der Waals surface area contributed by atoms with Crippen molar-refractivity contribution in [2.45, 2.75) is 45.4 Å². The molecule has 0 heterocycles. The number of hydrogen-bond acceptors (Lipinski definition) is 0. The van der Waals surface area contributed by atoms with Gasteiger partial charge in [0, 0.05) is 0 Å². The van der Waals surface area contributed by atoms with Gasteiger partial charge in [-0.15, -0.1) is 0 Å². The smallest absolute Gasteiger partial charge is 0.0159 e. The highest BCUT2D eigenvalue weighted by atomic mass is 14.2. The molecule has 0 spiro atoms. The van der Waals surface area contributed by atoms with Gasteiger partial charge in [-0.1, -0.05) is 49.6 Å². The standard InChI is InChI=1S/C14H20/c1-11-6-8-13(9-7-11)14-5-3-4-12(2)10-14/h6-9,12,14H,3-5,10H2,1-2H3/t12-,14-/m1/s1. The van der Waals surface area contributed by atoms with E-state index in [1.165, 1.54) is 31.2 Å². The summed E-state index contributed by atoms with van der Waals surface area (Å²) in [6.45, 7) is 4.55. The molecule has 0 heteroatoms. The highest BCUT2D eigenvalue weighted by molar-refractivity contribution is 5.24. The summed E-state index contributed by atoms with van der Waals surface area (Å²) in [5, 5.41) is 0. The van der Waals surface area contributed by atoms with Crippen molar-refractivity contribution in [3.05, 3.63) is 35.4 Å². The van der Waals surface area contributed by atoms with Gasteiger partial charge in [-0.25, -0.2) is 0 Å². The van der Waals surface area contributed by atoms with Crippen LogP contribution in [0, 0.1) is 12.8 Å². The van der Waals surface area contributed by atoms with Crippen LogP contribution in [0.25, 0.3) is 0 Å². The summed E-state index contributed by atoms with van der Waals surface area (Å²) in [7, 11) is 0. The Bertz CT molecular complexity index is 283. The maximum Gasteiger partial charge on any atom is -0.0159 e. The first-order valence-electron chi connectivity index (χ1n) is 5.82. The number of benzene rings is 1. The summed E-state index contributed by atoms with van der Waals surface area (Å²) in [4.78, 5) is 0. The summed E-state index contributed by atoms with van der Waals surface area (Å²) in [6.07, 6.45) is 5.64. The average molecular weight is 188 g/mol. The molecular weight excluding hydrogens is 168 g/mol. The third-order valence-corrected chi connectivity index (χ3v) is 3.49. The summed E-state index contributed by atoms with van der Waals surface area (Å²) in [5.41, 5.74) is 2.93. The third kappa shape index (κ3) is 2.17. The molecule has 2 atom stereocenters. The molecule has 1 saturated carbocycles. The molecule has 2 rings (SSSR count). The van der Waals surface area contributed by atoms with Gasteiger partial charge in [-0.2, -0.15) is 0 Å². The van der Waals surface area contributed by atoms with Crippen molar-refractivity contribution in [1.82, 2.24) is 0 Å². The number of rotatable bonds is 1. The second kappa shape index (κ2) is 4.16. The van der Waals surface area contributed by atoms with Gasteiger partial charge >= 0.3 is 0 Å². The zero-order valence-electron chi connectivity index (χ0n) is 9.29. The van der Waals surface area contributed by atoms with Crippen molar-refractivity contribution in [2.24, 2.45) is 5.92 Å². The van der Waals surface area contributed by atoms with E-state index in [1.807, 2.05) is 0 Å². The van der Waals surface area contributed by atoms with Crippen LogP contribution in [0.3, 0.4) is 0 Å². The van der Waals surface area contributed by atoms with Crippen LogP contribution in [0.2, 0.25) is 0 Å². The molecule has 1 aromatic rings. The second-order valence-corrected chi connectivity index (χ2v) is 4.88. The SMILES string of the molecule is Cc1ccc([C@@H]2CCC[C@@H](C)C2)cc1. The van der Waals surface area contributed by atoms with Crippen LogP contribution in [-0.4, -0.2) is 0 Å². The van der Waals surface area contributed by atoms with Gasteiger partial charge < -0.3 is 0 Å². The predicted octanol–water partition coefficient (Wildman–Crippen LogP) is 4.29. The van der Waals surface area contributed by atoms with Crippen LogP contribution in [-0.2, 0) is 0 Å². The Morgan fingerprint density at radius 2 is 1.79 bits per heavy atom. The Kier molecular flexibility index (Phi) is 2.90. The van der Waals surface area contributed by atoms with Gasteiger partial charge in [0.2, 0.25) is 0 Å². The minimum atomic E-state index is 0.833. The lowest BCUT2D eigenvalue weighted by atomic mass is 9.79. The van der Waals surface area contributed by atoms with Crippen molar-refractivity contribution in [2.75, 3.05) is 0 Å². The molecule has 1 fully saturated rings. The van der Waals surface area contributed by atoms with E-state index < -0.39 is 0 Å². The van der Waals surface area contributed by atoms with E-state index in [9.17, 15) is 0 Å². The molecule has 1 aromatic carbocycles. The van der Waals surface area contributed by atoms with E-state index >= 15 is 0 Å². The maximum atomic E-state index is 2.39. The summed E-state index contributed by atoms with van der Waals surface area (Å²) < 4.78 is 0. The zero-order chi connectivity index (χ0) is 9.97. The van der Waals surface area contributed by atoms with E-state index in [0.717, 1.165) is 11.8 Å². The monoisotopic (exact) mass is 188 g/mol. The van der Waals surface area contributed by atoms with E-state index in [2.05, 4.69) is 38.1 Å². The van der Waals surface area contributed by atoms with Gasteiger partial charge in [0.1, 0.15) is 0 Å². The molecule has 0 N–H and O–H groups in total. The molecule has 0 bridgehead atoms. The summed E-state index contributed by atoms with van der Waals surface area (Å²) in [6, 6.07) is 9.12. The number of aryl methyl sites for hydroxylation is 1. The van der Waals surface area contributed by atoms with Gasteiger partial charge in [0.05, 0.1) is 0 Å². The van der Waals surface area contributed by atoms with Crippen molar-refractivity contribution in [3.8, 4) is 0 Å². The average Bonchev–Trinajstić information content (AvgIpc) is 2.19. The van der Waals surface area contributed by atoms with E-state index in [-0.39, 0.29) is 0 Å². The van der Waals surface area contributed by atoms with Crippen LogP contribution < -0.4 is 0 Å². The fourth-order valence-electron chi connectivity index (χ4n) is 2.58. The summed E-state index contributed by atoms with van der Waals surface area (Å²) >= 11 is 0. The Morgan fingerprint density at radius 1 is 1.07 bits per heavy atom. The molecule has 1 aliphatic rings. The Balaban J connectivity index is 2.10. The largest absolute Gasteiger partial charge is 0.0625 e. The fourth-order valence-corrected chi connectivity index (χ4v) is 2.58. The Hall–Kier alpha value is -0.780. The fraction of sp³-hybridized carbons (Fsp3) is 0.571. The molecular formula is C14H20. The summed E-state index contributed by atoms with van der Waals surface area (Å²) in [5.74, 6) is 1.76. The minimum absolute atomic E-state index is 0.833. The first kappa shape index (κ1) is 9.76.